The number of carboxylic acid groups (broad SMARTS) is 1. The number of benzene rings is 1. The third kappa shape index (κ3) is 4.06. The molecule has 1 aromatic heterocycles. The maximum Gasteiger partial charge on any atom is 0.371 e. The highest BCUT2D eigenvalue weighted by atomic mass is 16.4. The molecule has 2 aromatic rings. The van der Waals surface area contributed by atoms with Crippen molar-refractivity contribution in [3.63, 3.8) is 0 Å². The maximum atomic E-state index is 11.0. The summed E-state index contributed by atoms with van der Waals surface area (Å²) in [6, 6.07) is 12.3. The highest BCUT2D eigenvalue weighted by molar-refractivity contribution is 5.84. The van der Waals surface area contributed by atoms with Crippen LogP contribution < -0.4 is 0 Å². The first-order valence-corrected chi connectivity index (χ1v) is 8.74. The lowest BCUT2D eigenvalue weighted by atomic mass is 9.93. The van der Waals surface area contributed by atoms with Gasteiger partial charge < -0.3 is 9.52 Å². The van der Waals surface area contributed by atoms with Crippen LogP contribution in [0.15, 0.2) is 40.8 Å². The molecule has 1 fully saturated rings. The Bertz CT molecular complexity index is 686. The van der Waals surface area contributed by atoms with E-state index in [1.807, 2.05) is 0 Å². The minimum absolute atomic E-state index is 0.0180. The fourth-order valence-electron chi connectivity index (χ4n) is 3.54. The van der Waals surface area contributed by atoms with Crippen molar-refractivity contribution < 1.29 is 14.3 Å². The summed E-state index contributed by atoms with van der Waals surface area (Å²) in [7, 11) is 0. The minimum Gasteiger partial charge on any atom is -0.475 e. The SMILES string of the molecule is Cc1ccccc1CN(Cc1ccc(C(=O)O)o1)C1CCCCC1. The van der Waals surface area contributed by atoms with Gasteiger partial charge in [0.15, 0.2) is 0 Å². The summed E-state index contributed by atoms with van der Waals surface area (Å²) in [5.41, 5.74) is 2.62. The molecule has 0 aliphatic heterocycles. The Morgan fingerprint density at radius 1 is 1.12 bits per heavy atom. The molecule has 0 unspecified atom stereocenters. The Hall–Kier alpha value is -2.07. The van der Waals surface area contributed by atoms with Gasteiger partial charge in [0.1, 0.15) is 5.76 Å². The smallest absolute Gasteiger partial charge is 0.371 e. The third-order valence-electron chi connectivity index (χ3n) is 4.96. The molecule has 1 aromatic carbocycles. The molecule has 4 nitrogen and oxygen atoms in total. The molecule has 1 heterocycles. The number of furan rings is 1. The lowest BCUT2D eigenvalue weighted by Gasteiger charge is -2.34. The molecule has 0 saturated heterocycles. The van der Waals surface area contributed by atoms with Crippen LogP contribution in [0.3, 0.4) is 0 Å². The highest BCUT2D eigenvalue weighted by Gasteiger charge is 2.23. The normalized spacial score (nSPS) is 15.8. The quantitative estimate of drug-likeness (QED) is 0.841. The summed E-state index contributed by atoms with van der Waals surface area (Å²) in [6.45, 7) is 3.68. The van der Waals surface area contributed by atoms with Gasteiger partial charge in [-0.2, -0.15) is 0 Å². The van der Waals surface area contributed by atoms with Gasteiger partial charge in [0.2, 0.25) is 5.76 Å². The number of carboxylic acids is 1. The Kier molecular flexibility index (Phi) is 5.36. The number of carbonyl (C=O) groups is 1. The van der Waals surface area contributed by atoms with Gasteiger partial charge >= 0.3 is 5.97 Å². The summed E-state index contributed by atoms with van der Waals surface area (Å²) < 4.78 is 5.49. The number of rotatable bonds is 6. The number of nitrogens with zero attached hydrogens (tertiary/aromatic N) is 1. The van der Waals surface area contributed by atoms with Crippen LogP contribution in [0.4, 0.5) is 0 Å². The summed E-state index contributed by atoms with van der Waals surface area (Å²) in [6.07, 6.45) is 6.27. The fraction of sp³-hybridized carbons (Fsp3) is 0.450. The summed E-state index contributed by atoms with van der Waals surface area (Å²) in [5, 5.41) is 9.05. The van der Waals surface area contributed by atoms with Crippen LogP contribution in [-0.4, -0.2) is 22.0 Å². The Balaban J connectivity index is 1.78. The third-order valence-corrected chi connectivity index (χ3v) is 4.96. The topological polar surface area (TPSA) is 53.7 Å². The fourth-order valence-corrected chi connectivity index (χ4v) is 3.54. The van der Waals surface area contributed by atoms with Crippen LogP contribution in [0.1, 0.15) is 59.5 Å². The lowest BCUT2D eigenvalue weighted by Crippen LogP contribution is -2.36. The van der Waals surface area contributed by atoms with Crippen molar-refractivity contribution in [2.24, 2.45) is 0 Å². The van der Waals surface area contributed by atoms with E-state index in [0.717, 1.165) is 12.3 Å². The molecule has 3 rings (SSSR count). The van der Waals surface area contributed by atoms with Crippen LogP contribution in [0.5, 0.6) is 0 Å². The molecular formula is C20H25NO3. The zero-order valence-corrected chi connectivity index (χ0v) is 14.2. The van der Waals surface area contributed by atoms with Crippen molar-refractivity contribution in [3.05, 3.63) is 59.0 Å². The number of hydrogen-bond donors (Lipinski definition) is 1. The molecule has 0 amide bonds. The van der Waals surface area contributed by atoms with Gasteiger partial charge in [-0.1, -0.05) is 43.5 Å². The molecule has 1 saturated carbocycles. The second kappa shape index (κ2) is 7.67. The Labute approximate surface area is 143 Å². The van der Waals surface area contributed by atoms with Crippen LogP contribution in [-0.2, 0) is 13.1 Å². The first-order valence-electron chi connectivity index (χ1n) is 8.74. The molecule has 1 aliphatic carbocycles. The molecule has 0 spiro atoms. The van der Waals surface area contributed by atoms with E-state index in [-0.39, 0.29) is 5.76 Å². The molecule has 0 bridgehead atoms. The highest BCUT2D eigenvalue weighted by Crippen LogP contribution is 2.26. The van der Waals surface area contributed by atoms with Gasteiger partial charge in [0.05, 0.1) is 6.54 Å². The Morgan fingerprint density at radius 2 is 1.88 bits per heavy atom. The van der Waals surface area contributed by atoms with E-state index in [9.17, 15) is 4.79 Å². The van der Waals surface area contributed by atoms with Crippen molar-refractivity contribution in [2.75, 3.05) is 0 Å². The van der Waals surface area contributed by atoms with Crippen molar-refractivity contribution in [2.45, 2.75) is 58.2 Å². The standard InChI is InChI=1S/C20H25NO3/c1-15-7-5-6-8-16(15)13-21(17-9-3-2-4-10-17)14-18-11-12-19(24-18)20(22)23/h5-8,11-12,17H,2-4,9-10,13-14H2,1H3,(H,22,23). The average Bonchev–Trinajstić information content (AvgIpc) is 3.06. The second-order valence-electron chi connectivity index (χ2n) is 6.69. The van der Waals surface area contributed by atoms with E-state index in [1.54, 1.807) is 12.1 Å². The second-order valence-corrected chi connectivity index (χ2v) is 6.69. The number of aromatic carboxylic acids is 1. The molecular weight excluding hydrogens is 302 g/mol. The van der Waals surface area contributed by atoms with Crippen LogP contribution in [0.2, 0.25) is 0 Å². The largest absolute Gasteiger partial charge is 0.475 e. The average molecular weight is 327 g/mol. The van der Waals surface area contributed by atoms with Gasteiger partial charge in [0, 0.05) is 12.6 Å². The predicted octanol–water partition coefficient (Wildman–Crippen LogP) is 4.62. The number of aryl methyl sites for hydroxylation is 1. The van der Waals surface area contributed by atoms with Crippen LogP contribution in [0.25, 0.3) is 0 Å². The number of hydrogen-bond acceptors (Lipinski definition) is 3. The first-order chi connectivity index (χ1) is 11.6. The molecule has 4 heteroatoms. The minimum atomic E-state index is -1.01. The summed E-state index contributed by atoms with van der Waals surface area (Å²) >= 11 is 0. The van der Waals surface area contributed by atoms with Gasteiger partial charge in [-0.3, -0.25) is 4.90 Å². The Morgan fingerprint density at radius 3 is 2.54 bits per heavy atom. The van der Waals surface area contributed by atoms with E-state index in [4.69, 9.17) is 9.52 Å². The molecule has 24 heavy (non-hydrogen) atoms. The van der Waals surface area contributed by atoms with Gasteiger partial charge in [-0.05, 0) is 43.0 Å². The monoisotopic (exact) mass is 327 g/mol. The molecule has 128 valence electrons. The molecule has 0 radical (unpaired) electrons. The van der Waals surface area contributed by atoms with E-state index in [2.05, 4.69) is 36.1 Å². The van der Waals surface area contributed by atoms with E-state index >= 15 is 0 Å². The van der Waals surface area contributed by atoms with Crippen molar-refractivity contribution in [3.8, 4) is 0 Å². The van der Waals surface area contributed by atoms with Gasteiger partial charge in [-0.25, -0.2) is 4.79 Å². The van der Waals surface area contributed by atoms with E-state index in [0.29, 0.717) is 12.6 Å². The molecule has 1 aliphatic rings. The van der Waals surface area contributed by atoms with Gasteiger partial charge in [-0.15, -0.1) is 0 Å². The summed E-state index contributed by atoms with van der Waals surface area (Å²) in [4.78, 5) is 13.5. The zero-order chi connectivity index (χ0) is 16.9. The molecule has 1 N–H and O–H groups in total. The van der Waals surface area contributed by atoms with Crippen molar-refractivity contribution in [1.82, 2.24) is 4.90 Å². The van der Waals surface area contributed by atoms with Crippen LogP contribution >= 0.6 is 0 Å². The maximum absolute atomic E-state index is 11.0. The van der Waals surface area contributed by atoms with Crippen LogP contribution in [0, 0.1) is 6.92 Å². The van der Waals surface area contributed by atoms with Crippen molar-refractivity contribution >= 4 is 5.97 Å². The molecule has 0 atom stereocenters. The zero-order valence-electron chi connectivity index (χ0n) is 14.2. The van der Waals surface area contributed by atoms with Gasteiger partial charge in [0.25, 0.3) is 0 Å². The van der Waals surface area contributed by atoms with E-state index in [1.165, 1.54) is 43.2 Å². The predicted molar refractivity (Wildman–Crippen MR) is 93.0 cm³/mol. The first kappa shape index (κ1) is 16.8. The van der Waals surface area contributed by atoms with E-state index < -0.39 is 5.97 Å². The van der Waals surface area contributed by atoms with Crippen molar-refractivity contribution in [1.29, 1.82) is 0 Å². The lowest BCUT2D eigenvalue weighted by molar-refractivity contribution is 0.0655. The summed E-state index contributed by atoms with van der Waals surface area (Å²) in [5.74, 6) is -0.264.